The molecule has 0 unspecified atom stereocenters. The Bertz CT molecular complexity index is 489. The van der Waals surface area contributed by atoms with Gasteiger partial charge in [-0.05, 0) is 37.1 Å². The number of carbonyl (C=O) groups excluding carboxylic acids is 1. The van der Waals surface area contributed by atoms with Crippen molar-refractivity contribution in [3.05, 3.63) is 41.1 Å². The maximum Gasteiger partial charge on any atom is 0.343 e. The summed E-state index contributed by atoms with van der Waals surface area (Å²) in [7, 11) is 0. The highest BCUT2D eigenvalue weighted by Crippen LogP contribution is 2.24. The summed E-state index contributed by atoms with van der Waals surface area (Å²) < 4.78 is 10.6. The first-order chi connectivity index (χ1) is 8.04. The van der Waals surface area contributed by atoms with Crippen molar-refractivity contribution in [3.63, 3.8) is 0 Å². The van der Waals surface area contributed by atoms with Crippen LogP contribution in [-0.4, -0.2) is 5.97 Å². The fourth-order valence-corrected chi connectivity index (χ4v) is 1.73. The molecule has 17 heavy (non-hydrogen) atoms. The van der Waals surface area contributed by atoms with Crippen LogP contribution >= 0.6 is 0 Å². The number of aryl methyl sites for hydroxylation is 1. The van der Waals surface area contributed by atoms with Crippen molar-refractivity contribution in [3.8, 4) is 0 Å². The lowest BCUT2D eigenvalue weighted by molar-refractivity contribution is -0.133. The Morgan fingerprint density at radius 2 is 2.12 bits per heavy atom. The molecule has 1 aromatic rings. The lowest BCUT2D eigenvalue weighted by atomic mass is 10.1. The average molecular weight is 232 g/mol. The highest BCUT2D eigenvalue weighted by Gasteiger charge is 2.21. The van der Waals surface area contributed by atoms with Gasteiger partial charge in [-0.25, -0.2) is 4.79 Å². The Morgan fingerprint density at radius 1 is 1.35 bits per heavy atom. The third kappa shape index (κ3) is 2.87. The fourth-order valence-electron chi connectivity index (χ4n) is 1.73. The number of furan rings is 1. The summed E-state index contributed by atoms with van der Waals surface area (Å²) in [5.41, 5.74) is 0.551. The summed E-state index contributed by atoms with van der Waals surface area (Å²) >= 11 is 0. The standard InChI is InChI=1S/C14H16O3/c1-9(2)6-13-8-11(14(15)17-13)7-12-5-4-10(3)16-12/h4-5,7-9H,6H2,1-3H3. The lowest BCUT2D eigenvalue weighted by Crippen LogP contribution is -1.98. The molecule has 1 aliphatic rings. The van der Waals surface area contributed by atoms with E-state index in [4.69, 9.17) is 9.15 Å². The van der Waals surface area contributed by atoms with Gasteiger partial charge in [0, 0.05) is 6.42 Å². The summed E-state index contributed by atoms with van der Waals surface area (Å²) in [5.74, 6) is 2.42. The predicted octanol–water partition coefficient (Wildman–Crippen LogP) is 3.46. The van der Waals surface area contributed by atoms with Crippen LogP contribution in [0.2, 0.25) is 0 Å². The minimum atomic E-state index is -0.297. The second kappa shape index (κ2) is 4.62. The monoisotopic (exact) mass is 232 g/mol. The molecule has 3 nitrogen and oxygen atoms in total. The minimum Gasteiger partial charge on any atom is -0.462 e. The van der Waals surface area contributed by atoms with E-state index in [-0.39, 0.29) is 5.97 Å². The summed E-state index contributed by atoms with van der Waals surface area (Å²) in [5, 5.41) is 0. The van der Waals surface area contributed by atoms with Crippen molar-refractivity contribution in [2.45, 2.75) is 27.2 Å². The number of hydrogen-bond acceptors (Lipinski definition) is 3. The zero-order valence-electron chi connectivity index (χ0n) is 10.3. The Balaban J connectivity index is 2.18. The molecule has 0 N–H and O–H groups in total. The van der Waals surface area contributed by atoms with Crippen LogP contribution in [0.1, 0.15) is 31.8 Å². The highest BCUT2D eigenvalue weighted by molar-refractivity contribution is 5.99. The predicted molar refractivity (Wildman–Crippen MR) is 65.1 cm³/mol. The molecule has 0 aromatic carbocycles. The van der Waals surface area contributed by atoms with Gasteiger partial charge in [0.15, 0.2) is 0 Å². The van der Waals surface area contributed by atoms with Gasteiger partial charge in [-0.15, -0.1) is 0 Å². The first kappa shape index (κ1) is 11.7. The normalized spacial score (nSPS) is 17.8. The van der Waals surface area contributed by atoms with Crippen LogP contribution in [0.4, 0.5) is 0 Å². The molecular formula is C14H16O3. The van der Waals surface area contributed by atoms with Crippen LogP contribution < -0.4 is 0 Å². The van der Waals surface area contributed by atoms with Gasteiger partial charge in [0.05, 0.1) is 5.57 Å². The van der Waals surface area contributed by atoms with Gasteiger partial charge in [-0.2, -0.15) is 0 Å². The quantitative estimate of drug-likeness (QED) is 0.591. The largest absolute Gasteiger partial charge is 0.462 e. The van der Waals surface area contributed by atoms with E-state index in [1.807, 2.05) is 19.1 Å². The van der Waals surface area contributed by atoms with E-state index >= 15 is 0 Å². The number of hydrogen-bond donors (Lipinski definition) is 0. The van der Waals surface area contributed by atoms with E-state index in [1.54, 1.807) is 12.2 Å². The van der Waals surface area contributed by atoms with Crippen molar-refractivity contribution in [1.82, 2.24) is 0 Å². The minimum absolute atomic E-state index is 0.297. The molecule has 1 aromatic heterocycles. The first-order valence-corrected chi connectivity index (χ1v) is 5.75. The molecule has 3 heteroatoms. The van der Waals surface area contributed by atoms with E-state index < -0.39 is 0 Å². The maximum absolute atomic E-state index is 11.6. The molecular weight excluding hydrogens is 216 g/mol. The summed E-state index contributed by atoms with van der Waals surface area (Å²) in [4.78, 5) is 11.6. The van der Waals surface area contributed by atoms with E-state index in [1.165, 1.54) is 0 Å². The molecule has 0 radical (unpaired) electrons. The van der Waals surface area contributed by atoms with Crippen molar-refractivity contribution >= 4 is 12.0 Å². The molecule has 0 spiro atoms. The van der Waals surface area contributed by atoms with Gasteiger partial charge < -0.3 is 9.15 Å². The SMILES string of the molecule is Cc1ccc(C=C2C=C(CC(C)C)OC2=O)o1. The van der Waals surface area contributed by atoms with Gasteiger partial charge in [0.2, 0.25) is 0 Å². The zero-order chi connectivity index (χ0) is 12.4. The molecule has 2 heterocycles. The number of cyclic esters (lactones) is 1. The van der Waals surface area contributed by atoms with E-state index in [9.17, 15) is 4.79 Å². The average Bonchev–Trinajstić information content (AvgIpc) is 2.74. The van der Waals surface area contributed by atoms with Crippen LogP contribution in [0.3, 0.4) is 0 Å². The van der Waals surface area contributed by atoms with Crippen LogP contribution in [0, 0.1) is 12.8 Å². The van der Waals surface area contributed by atoms with Gasteiger partial charge in [0.1, 0.15) is 17.3 Å². The van der Waals surface area contributed by atoms with Crippen molar-refractivity contribution in [2.75, 3.05) is 0 Å². The molecule has 0 atom stereocenters. The van der Waals surface area contributed by atoms with E-state index in [2.05, 4.69) is 13.8 Å². The molecule has 0 amide bonds. The number of allylic oxidation sites excluding steroid dienone is 1. The highest BCUT2D eigenvalue weighted by atomic mass is 16.5. The second-order valence-corrected chi connectivity index (χ2v) is 4.65. The number of rotatable bonds is 3. The summed E-state index contributed by atoms with van der Waals surface area (Å²) in [6.45, 7) is 6.05. The van der Waals surface area contributed by atoms with E-state index in [0.29, 0.717) is 17.3 Å². The molecule has 1 aliphatic heterocycles. The molecule has 0 aliphatic carbocycles. The third-order valence-electron chi connectivity index (χ3n) is 2.44. The molecule has 90 valence electrons. The first-order valence-electron chi connectivity index (χ1n) is 5.75. The zero-order valence-corrected chi connectivity index (χ0v) is 10.3. The second-order valence-electron chi connectivity index (χ2n) is 4.65. The topological polar surface area (TPSA) is 39.4 Å². The third-order valence-corrected chi connectivity index (χ3v) is 2.44. The van der Waals surface area contributed by atoms with Crippen LogP contribution in [0.15, 0.2) is 34.0 Å². The number of ether oxygens (including phenoxy) is 1. The lowest BCUT2D eigenvalue weighted by Gasteiger charge is -2.03. The Morgan fingerprint density at radius 3 is 2.71 bits per heavy atom. The maximum atomic E-state index is 11.6. The molecule has 0 saturated heterocycles. The van der Waals surface area contributed by atoms with Crippen LogP contribution in [0.25, 0.3) is 6.08 Å². The summed E-state index contributed by atoms with van der Waals surface area (Å²) in [6.07, 6.45) is 4.28. The Hall–Kier alpha value is -1.77. The van der Waals surface area contributed by atoms with Crippen molar-refractivity contribution in [2.24, 2.45) is 5.92 Å². The Labute approximate surface area is 101 Å². The van der Waals surface area contributed by atoms with Crippen molar-refractivity contribution < 1.29 is 13.9 Å². The summed E-state index contributed by atoms with van der Waals surface area (Å²) in [6, 6.07) is 3.70. The van der Waals surface area contributed by atoms with Crippen LogP contribution in [-0.2, 0) is 9.53 Å². The van der Waals surface area contributed by atoms with Gasteiger partial charge in [-0.3, -0.25) is 0 Å². The number of carbonyl (C=O) groups is 1. The molecule has 2 rings (SSSR count). The van der Waals surface area contributed by atoms with Crippen LogP contribution in [0.5, 0.6) is 0 Å². The van der Waals surface area contributed by atoms with Gasteiger partial charge in [0.25, 0.3) is 0 Å². The smallest absolute Gasteiger partial charge is 0.343 e. The van der Waals surface area contributed by atoms with E-state index in [0.717, 1.165) is 17.9 Å². The molecule has 0 fully saturated rings. The van der Waals surface area contributed by atoms with Crippen molar-refractivity contribution in [1.29, 1.82) is 0 Å². The van der Waals surface area contributed by atoms with Gasteiger partial charge in [-0.1, -0.05) is 13.8 Å². The number of esters is 1. The molecule has 0 saturated carbocycles. The molecule has 0 bridgehead atoms. The van der Waals surface area contributed by atoms with Gasteiger partial charge >= 0.3 is 5.97 Å². The Kier molecular flexibility index (Phi) is 3.18. The fraction of sp³-hybridized carbons (Fsp3) is 0.357.